The SMILES string of the molecule is CCc1cc2c(C3=NNC(=O)CC3C)ccc(C(=N)OC)n2n1.CCc1cc2c(C3=NNC(=O)CC3C)ccc(C(N)=O)n2n1. The quantitative estimate of drug-likeness (QED) is 0.191. The van der Waals surface area contributed by atoms with Crippen LogP contribution in [0, 0.1) is 17.2 Å². The minimum atomic E-state index is -0.533. The average Bonchev–Trinajstić information content (AvgIpc) is 3.65. The van der Waals surface area contributed by atoms with Gasteiger partial charge in [0.25, 0.3) is 5.91 Å². The molecule has 2 unspecified atom stereocenters. The Balaban J connectivity index is 0.000000178. The van der Waals surface area contributed by atoms with E-state index in [0.29, 0.717) is 24.2 Å². The second-order valence-corrected chi connectivity index (χ2v) is 11.0. The summed E-state index contributed by atoms with van der Waals surface area (Å²) in [6.07, 6.45) is 2.34. The van der Waals surface area contributed by atoms with Crippen molar-refractivity contribution in [1.29, 1.82) is 5.41 Å². The Hall–Kier alpha value is -5.40. The van der Waals surface area contributed by atoms with Crippen LogP contribution >= 0.6 is 0 Å². The van der Waals surface area contributed by atoms with Crippen molar-refractivity contribution in [3.63, 3.8) is 0 Å². The van der Waals surface area contributed by atoms with Crippen LogP contribution in [0.25, 0.3) is 11.0 Å². The van der Waals surface area contributed by atoms with Crippen LogP contribution in [-0.2, 0) is 27.2 Å². The molecule has 4 aromatic heterocycles. The number of carbonyl (C=O) groups excluding carboxylic acids is 3. The Morgan fingerprint density at radius 3 is 1.71 bits per heavy atom. The van der Waals surface area contributed by atoms with E-state index in [-0.39, 0.29) is 29.5 Å². The first-order valence-corrected chi connectivity index (χ1v) is 14.8. The molecular weight excluding hydrogens is 576 g/mol. The lowest BCUT2D eigenvalue weighted by Gasteiger charge is -2.20. The van der Waals surface area contributed by atoms with Crippen LogP contribution < -0.4 is 16.6 Å². The summed E-state index contributed by atoms with van der Waals surface area (Å²) < 4.78 is 8.31. The number of aromatic nitrogens is 4. The van der Waals surface area contributed by atoms with Gasteiger partial charge in [-0.3, -0.25) is 19.8 Å². The molecule has 14 heteroatoms. The van der Waals surface area contributed by atoms with Crippen LogP contribution in [0.5, 0.6) is 0 Å². The minimum Gasteiger partial charge on any atom is -0.480 e. The van der Waals surface area contributed by atoms with Gasteiger partial charge in [0.05, 0.1) is 41.0 Å². The van der Waals surface area contributed by atoms with Gasteiger partial charge in [-0.1, -0.05) is 27.7 Å². The molecule has 234 valence electrons. The van der Waals surface area contributed by atoms with Gasteiger partial charge in [-0.2, -0.15) is 20.4 Å². The molecule has 0 bridgehead atoms. The minimum absolute atomic E-state index is 0.00282. The van der Waals surface area contributed by atoms with Crippen LogP contribution in [-0.4, -0.2) is 61.4 Å². The normalized spacial score (nSPS) is 18.0. The zero-order chi connectivity index (χ0) is 32.4. The molecule has 0 saturated carbocycles. The lowest BCUT2D eigenvalue weighted by molar-refractivity contribution is -0.122. The highest BCUT2D eigenvalue weighted by Gasteiger charge is 2.26. The molecule has 14 nitrogen and oxygen atoms in total. The van der Waals surface area contributed by atoms with E-state index in [4.69, 9.17) is 15.9 Å². The largest absolute Gasteiger partial charge is 0.480 e. The second-order valence-electron chi connectivity index (χ2n) is 11.0. The first-order chi connectivity index (χ1) is 21.6. The summed E-state index contributed by atoms with van der Waals surface area (Å²) in [5.74, 6) is -0.618. The van der Waals surface area contributed by atoms with E-state index >= 15 is 0 Å². The number of ether oxygens (including phenoxy) is 1. The van der Waals surface area contributed by atoms with Crippen molar-refractivity contribution in [2.75, 3.05) is 7.11 Å². The number of nitrogens with zero attached hydrogens (tertiary/aromatic N) is 6. The van der Waals surface area contributed by atoms with Gasteiger partial charge < -0.3 is 10.5 Å². The number of fused-ring (bicyclic) bond motifs is 2. The number of hydrazone groups is 2. The molecule has 0 spiro atoms. The van der Waals surface area contributed by atoms with E-state index < -0.39 is 5.91 Å². The molecule has 0 radical (unpaired) electrons. The van der Waals surface area contributed by atoms with Gasteiger partial charge in [-0.25, -0.2) is 19.9 Å². The Bertz CT molecular complexity index is 1900. The van der Waals surface area contributed by atoms with E-state index in [0.717, 1.165) is 57.8 Å². The number of amides is 3. The lowest BCUT2D eigenvalue weighted by atomic mass is 9.93. The van der Waals surface area contributed by atoms with Crippen LogP contribution in [0.4, 0.5) is 0 Å². The first kappa shape index (κ1) is 31.0. The molecule has 0 aliphatic carbocycles. The van der Waals surface area contributed by atoms with E-state index in [1.165, 1.54) is 7.11 Å². The molecule has 5 N–H and O–H groups in total. The summed E-state index contributed by atoms with van der Waals surface area (Å²) in [4.78, 5) is 34.5. The van der Waals surface area contributed by atoms with Crippen LogP contribution in [0.3, 0.4) is 0 Å². The van der Waals surface area contributed by atoms with Crippen LogP contribution in [0.1, 0.15) is 79.2 Å². The molecule has 6 heterocycles. The number of nitrogens with two attached hydrogens (primary N) is 1. The fourth-order valence-corrected chi connectivity index (χ4v) is 5.45. The van der Waals surface area contributed by atoms with Crippen molar-refractivity contribution in [2.24, 2.45) is 27.8 Å². The van der Waals surface area contributed by atoms with Gasteiger partial charge in [0.1, 0.15) is 11.4 Å². The Morgan fingerprint density at radius 2 is 1.31 bits per heavy atom. The molecule has 2 atom stereocenters. The maximum Gasteiger partial charge on any atom is 0.267 e. The van der Waals surface area contributed by atoms with Gasteiger partial charge >= 0.3 is 0 Å². The Labute approximate surface area is 259 Å². The summed E-state index contributed by atoms with van der Waals surface area (Å²) in [6.45, 7) is 7.96. The summed E-state index contributed by atoms with van der Waals surface area (Å²) in [5.41, 5.74) is 18.2. The summed E-state index contributed by atoms with van der Waals surface area (Å²) in [5, 5.41) is 25.3. The summed E-state index contributed by atoms with van der Waals surface area (Å²) >= 11 is 0. The Kier molecular flexibility index (Phi) is 8.75. The number of hydrogen-bond acceptors (Lipinski definition) is 9. The number of rotatable bonds is 6. The van der Waals surface area contributed by atoms with Gasteiger partial charge in [0.15, 0.2) is 0 Å². The molecular formula is C31H36N10O4. The maximum atomic E-state index is 11.6. The van der Waals surface area contributed by atoms with Crippen molar-refractivity contribution in [3.05, 3.63) is 70.3 Å². The lowest BCUT2D eigenvalue weighted by Crippen LogP contribution is -2.32. The van der Waals surface area contributed by atoms with Crippen LogP contribution in [0.15, 0.2) is 46.6 Å². The van der Waals surface area contributed by atoms with E-state index in [2.05, 4.69) is 31.3 Å². The average molecular weight is 613 g/mol. The summed E-state index contributed by atoms with van der Waals surface area (Å²) in [7, 11) is 1.47. The number of nitrogens with one attached hydrogen (secondary N) is 3. The van der Waals surface area contributed by atoms with E-state index in [9.17, 15) is 14.4 Å². The predicted molar refractivity (Wildman–Crippen MR) is 168 cm³/mol. The zero-order valence-corrected chi connectivity index (χ0v) is 25.8. The van der Waals surface area contributed by atoms with Crippen molar-refractivity contribution in [2.45, 2.75) is 53.4 Å². The van der Waals surface area contributed by atoms with Crippen LogP contribution in [0.2, 0.25) is 0 Å². The fraction of sp³-hybridized carbons (Fsp3) is 0.355. The standard InChI is InChI=1S/C16H19N5O2.C15H17N5O2/c1-4-10-8-13-11(15-9(2)7-14(22)18-19-15)5-6-12(16(17)23-3)21(13)20-10;1-3-9-7-12-10(14-8(2)6-13(21)17-18-14)4-5-11(15(16)22)20(12)19-9/h5-6,8-9,17H,4,7H2,1-3H3,(H,18,22);4-5,7-8H,3,6H2,1-2H3,(H2,16,22)(H,17,21). The molecule has 2 aliphatic heterocycles. The van der Waals surface area contributed by atoms with Gasteiger partial charge in [-0.15, -0.1) is 0 Å². The first-order valence-electron chi connectivity index (χ1n) is 14.8. The highest BCUT2D eigenvalue weighted by molar-refractivity contribution is 6.11. The second kappa shape index (κ2) is 12.7. The van der Waals surface area contributed by atoms with Gasteiger partial charge in [0.2, 0.25) is 17.7 Å². The molecule has 6 rings (SSSR count). The zero-order valence-electron chi connectivity index (χ0n) is 25.8. The highest BCUT2D eigenvalue weighted by atomic mass is 16.5. The monoisotopic (exact) mass is 612 g/mol. The molecule has 3 amide bonds. The maximum absolute atomic E-state index is 11.6. The third kappa shape index (κ3) is 6.03. The third-order valence-corrected chi connectivity index (χ3v) is 7.83. The predicted octanol–water partition coefficient (Wildman–Crippen LogP) is 2.58. The van der Waals surface area contributed by atoms with Crippen molar-refractivity contribution >= 4 is 46.1 Å². The van der Waals surface area contributed by atoms with Crippen molar-refractivity contribution in [3.8, 4) is 0 Å². The number of carbonyl (C=O) groups is 3. The molecule has 45 heavy (non-hydrogen) atoms. The van der Waals surface area contributed by atoms with E-state index in [1.54, 1.807) is 21.2 Å². The van der Waals surface area contributed by atoms with Crippen molar-refractivity contribution in [1.82, 2.24) is 30.1 Å². The van der Waals surface area contributed by atoms with Crippen molar-refractivity contribution < 1.29 is 19.1 Å². The molecule has 4 aromatic rings. The van der Waals surface area contributed by atoms with Gasteiger partial charge in [-0.05, 0) is 49.2 Å². The molecule has 2 aliphatic rings. The topological polar surface area (TPSA) is 194 Å². The smallest absolute Gasteiger partial charge is 0.267 e. The summed E-state index contributed by atoms with van der Waals surface area (Å²) in [6, 6.07) is 11.1. The fourth-order valence-electron chi connectivity index (χ4n) is 5.45. The van der Waals surface area contributed by atoms with Gasteiger partial charge in [0, 0.05) is 35.8 Å². The third-order valence-electron chi connectivity index (χ3n) is 7.83. The number of hydrogen-bond donors (Lipinski definition) is 4. The molecule has 0 aromatic carbocycles. The molecule has 0 fully saturated rings. The number of pyridine rings is 2. The Morgan fingerprint density at radius 1 is 0.867 bits per heavy atom. The van der Waals surface area contributed by atoms with E-state index in [1.807, 2.05) is 52.0 Å². The number of aryl methyl sites for hydroxylation is 2. The number of methoxy groups -OCH3 is 1. The highest BCUT2D eigenvalue weighted by Crippen LogP contribution is 2.24. The molecule has 0 saturated heterocycles. The number of primary amides is 1.